The van der Waals surface area contributed by atoms with Gasteiger partial charge in [-0.2, -0.15) is 0 Å². The summed E-state index contributed by atoms with van der Waals surface area (Å²) < 4.78 is 0. The first-order chi connectivity index (χ1) is 21.2. The maximum Gasteiger partial charge on any atom is 0.00636 e. The van der Waals surface area contributed by atoms with Crippen molar-refractivity contribution in [2.45, 2.75) is 187 Å². The summed E-state index contributed by atoms with van der Waals surface area (Å²) in [5.74, 6) is 0.635. The highest BCUT2D eigenvalue weighted by atomic mass is 14.3. The molecule has 0 spiro atoms. The molecule has 1 aliphatic rings. The van der Waals surface area contributed by atoms with Crippen LogP contribution in [0.1, 0.15) is 197 Å². The Morgan fingerprint density at radius 1 is 0.628 bits per heavy atom. The van der Waals surface area contributed by atoms with E-state index in [4.69, 9.17) is 0 Å². The SMILES string of the molecule is C=C(CCCCCCCCCCCCCCCC)CCCCCCCC1C(CCCC)=Cc2c(C)cc3ccccc3c21. The molecule has 0 saturated heterocycles. The summed E-state index contributed by atoms with van der Waals surface area (Å²) in [4.78, 5) is 0. The Morgan fingerprint density at radius 3 is 1.72 bits per heavy atom. The molecule has 0 heterocycles. The molecule has 0 nitrogen and oxygen atoms in total. The van der Waals surface area contributed by atoms with Gasteiger partial charge in [-0.25, -0.2) is 0 Å². The van der Waals surface area contributed by atoms with Gasteiger partial charge in [0, 0.05) is 5.92 Å². The van der Waals surface area contributed by atoms with Crippen molar-refractivity contribution in [2.24, 2.45) is 0 Å². The highest BCUT2D eigenvalue weighted by molar-refractivity contribution is 5.93. The maximum atomic E-state index is 4.42. The zero-order valence-corrected chi connectivity index (χ0v) is 28.9. The van der Waals surface area contributed by atoms with Crippen LogP contribution in [0, 0.1) is 6.92 Å². The second-order valence-corrected chi connectivity index (χ2v) is 14.0. The van der Waals surface area contributed by atoms with Crippen LogP contribution < -0.4 is 0 Å². The van der Waals surface area contributed by atoms with Gasteiger partial charge in [-0.1, -0.05) is 184 Å². The van der Waals surface area contributed by atoms with Gasteiger partial charge in [0.15, 0.2) is 0 Å². The van der Waals surface area contributed by atoms with Gasteiger partial charge < -0.3 is 0 Å². The van der Waals surface area contributed by atoms with Gasteiger partial charge in [0.25, 0.3) is 0 Å². The predicted octanol–water partition coefficient (Wildman–Crippen LogP) is 15.0. The summed E-state index contributed by atoms with van der Waals surface area (Å²) in [7, 11) is 0. The van der Waals surface area contributed by atoms with Crippen LogP contribution in [0.2, 0.25) is 0 Å². The minimum Gasteiger partial charge on any atom is -0.0999 e. The number of rotatable bonds is 26. The lowest BCUT2D eigenvalue weighted by Crippen LogP contribution is -2.02. The van der Waals surface area contributed by atoms with E-state index in [1.54, 1.807) is 11.1 Å². The van der Waals surface area contributed by atoms with Gasteiger partial charge in [0.2, 0.25) is 0 Å². The van der Waals surface area contributed by atoms with E-state index < -0.39 is 0 Å². The second kappa shape index (κ2) is 21.8. The van der Waals surface area contributed by atoms with Crippen LogP contribution in [0.25, 0.3) is 16.8 Å². The Morgan fingerprint density at radius 2 is 1.14 bits per heavy atom. The van der Waals surface area contributed by atoms with Crippen LogP contribution in [-0.2, 0) is 0 Å². The Kier molecular flexibility index (Phi) is 18.1. The topological polar surface area (TPSA) is 0 Å². The summed E-state index contributed by atoms with van der Waals surface area (Å²) in [6, 6.07) is 11.5. The molecule has 0 radical (unpaired) electrons. The van der Waals surface area contributed by atoms with Crippen LogP contribution in [0.15, 0.2) is 48.1 Å². The van der Waals surface area contributed by atoms with E-state index in [2.05, 4.69) is 63.8 Å². The summed E-state index contributed by atoms with van der Waals surface area (Å²) in [5, 5.41) is 2.91. The summed E-state index contributed by atoms with van der Waals surface area (Å²) in [6.07, 6.45) is 37.3. The second-order valence-electron chi connectivity index (χ2n) is 14.0. The average Bonchev–Trinajstić information content (AvgIpc) is 3.38. The molecule has 0 bridgehead atoms. The van der Waals surface area contributed by atoms with Crippen molar-refractivity contribution in [3.63, 3.8) is 0 Å². The van der Waals surface area contributed by atoms with Crippen molar-refractivity contribution < 1.29 is 0 Å². The molecule has 0 N–H and O–H groups in total. The summed E-state index contributed by atoms with van der Waals surface area (Å²) in [5.41, 5.74) is 7.85. The molecule has 0 aliphatic heterocycles. The zero-order valence-electron chi connectivity index (χ0n) is 28.9. The predicted molar refractivity (Wildman–Crippen MR) is 195 cm³/mol. The first-order valence-corrected chi connectivity index (χ1v) is 19.0. The number of aryl methyl sites for hydroxylation is 1. The number of hydrogen-bond donors (Lipinski definition) is 0. The van der Waals surface area contributed by atoms with E-state index in [0.717, 1.165) is 0 Å². The normalized spacial score (nSPS) is 14.4. The van der Waals surface area contributed by atoms with Crippen molar-refractivity contribution in [2.75, 3.05) is 0 Å². The lowest BCUT2D eigenvalue weighted by atomic mass is 9.84. The minimum atomic E-state index is 0.635. The molecular weight excluding hydrogens is 516 g/mol. The molecule has 2 aromatic carbocycles. The standard InChI is InChI=1S/C43H68/c1-5-7-9-10-11-12-13-14-15-16-17-18-20-23-28-36(3)29-24-21-19-22-25-32-41-39(30-8-6-2)35-42-37(4)34-38-31-26-27-33-40(38)43(41)42/h26-27,31,33-35,41H,3,5-25,28-30,32H2,1-2,4H3. The largest absolute Gasteiger partial charge is 0.0999 e. The fourth-order valence-electron chi connectivity index (χ4n) is 7.48. The van der Waals surface area contributed by atoms with Crippen molar-refractivity contribution in [1.29, 1.82) is 0 Å². The van der Waals surface area contributed by atoms with E-state index in [1.807, 2.05) is 0 Å². The molecule has 240 valence electrons. The van der Waals surface area contributed by atoms with Crippen LogP contribution in [0.3, 0.4) is 0 Å². The van der Waals surface area contributed by atoms with Crippen LogP contribution in [0.4, 0.5) is 0 Å². The molecule has 0 heteroatoms. The van der Waals surface area contributed by atoms with Crippen molar-refractivity contribution >= 4 is 16.8 Å². The Balaban J connectivity index is 1.21. The van der Waals surface area contributed by atoms with Crippen LogP contribution in [0.5, 0.6) is 0 Å². The van der Waals surface area contributed by atoms with Crippen molar-refractivity contribution in [3.8, 4) is 0 Å². The van der Waals surface area contributed by atoms with Crippen LogP contribution in [-0.4, -0.2) is 0 Å². The summed E-state index contributed by atoms with van der Waals surface area (Å²) >= 11 is 0. The first kappa shape index (κ1) is 35.7. The molecule has 0 aromatic heterocycles. The van der Waals surface area contributed by atoms with Gasteiger partial charge >= 0.3 is 0 Å². The fraction of sp³-hybridized carbons (Fsp3) is 0.674. The monoisotopic (exact) mass is 585 g/mol. The number of hydrogen-bond acceptors (Lipinski definition) is 0. The molecule has 0 saturated carbocycles. The number of benzene rings is 2. The molecule has 1 atom stereocenters. The van der Waals surface area contributed by atoms with E-state index in [-0.39, 0.29) is 0 Å². The molecular formula is C43H68. The molecule has 2 aromatic rings. The summed E-state index contributed by atoms with van der Waals surface area (Å²) in [6.45, 7) is 11.4. The van der Waals surface area contributed by atoms with Gasteiger partial charge in [-0.05, 0) is 79.3 Å². The number of fused-ring (bicyclic) bond motifs is 3. The van der Waals surface area contributed by atoms with Gasteiger partial charge in [-0.3, -0.25) is 0 Å². The lowest BCUT2D eigenvalue weighted by Gasteiger charge is -2.20. The van der Waals surface area contributed by atoms with Crippen molar-refractivity contribution in [3.05, 3.63) is 64.7 Å². The highest BCUT2D eigenvalue weighted by Gasteiger charge is 2.27. The molecule has 3 rings (SSSR count). The molecule has 0 amide bonds. The number of unbranched alkanes of at least 4 members (excludes halogenated alkanes) is 18. The molecule has 1 unspecified atom stereocenters. The molecule has 1 aliphatic carbocycles. The third-order valence-corrected chi connectivity index (χ3v) is 10.2. The van der Waals surface area contributed by atoms with Gasteiger partial charge in [-0.15, -0.1) is 0 Å². The Hall–Kier alpha value is -1.82. The van der Waals surface area contributed by atoms with E-state index >= 15 is 0 Å². The van der Waals surface area contributed by atoms with Gasteiger partial charge in [0.1, 0.15) is 0 Å². The average molecular weight is 585 g/mol. The van der Waals surface area contributed by atoms with E-state index in [9.17, 15) is 0 Å². The van der Waals surface area contributed by atoms with Gasteiger partial charge in [0.05, 0.1) is 0 Å². The van der Waals surface area contributed by atoms with E-state index in [1.165, 1.54) is 188 Å². The smallest absolute Gasteiger partial charge is 0.00636 e. The molecule has 43 heavy (non-hydrogen) atoms. The third kappa shape index (κ3) is 13.0. The fourth-order valence-corrected chi connectivity index (χ4v) is 7.48. The third-order valence-electron chi connectivity index (χ3n) is 10.2. The lowest BCUT2D eigenvalue weighted by molar-refractivity contribution is 0.533. The first-order valence-electron chi connectivity index (χ1n) is 19.0. The van der Waals surface area contributed by atoms with Crippen molar-refractivity contribution in [1.82, 2.24) is 0 Å². The maximum absolute atomic E-state index is 4.42. The highest BCUT2D eigenvalue weighted by Crippen LogP contribution is 2.46. The minimum absolute atomic E-state index is 0.635. The quantitative estimate of drug-likeness (QED) is 0.0762. The molecule has 0 fully saturated rings. The van der Waals surface area contributed by atoms with E-state index in [0.29, 0.717) is 5.92 Å². The zero-order chi connectivity index (χ0) is 30.5. The number of allylic oxidation sites excluding steroid dienone is 2. The Labute approximate surface area is 268 Å². The Bertz CT molecular complexity index is 1070. The van der Waals surface area contributed by atoms with Crippen LogP contribution >= 0.6 is 0 Å².